The molecule has 2 unspecified atom stereocenters. The van der Waals surface area contributed by atoms with E-state index in [9.17, 15) is 4.79 Å². The van der Waals surface area contributed by atoms with E-state index >= 15 is 0 Å². The monoisotopic (exact) mass is 131 g/mol. The van der Waals surface area contributed by atoms with Gasteiger partial charge in [0.25, 0.3) is 0 Å². The molecule has 0 bridgehead atoms. The molecule has 0 saturated carbocycles. The van der Waals surface area contributed by atoms with Gasteiger partial charge in [0.2, 0.25) is 5.91 Å². The number of hydrogen-bond donors (Lipinski definition) is 2. The van der Waals surface area contributed by atoms with Crippen LogP contribution in [0.3, 0.4) is 0 Å². The molecular weight excluding hydrogens is 122 g/mol. The van der Waals surface area contributed by atoms with Gasteiger partial charge in [-0.15, -0.1) is 0 Å². The molecule has 1 saturated heterocycles. The fourth-order valence-electron chi connectivity index (χ4n) is 0.809. The summed E-state index contributed by atoms with van der Waals surface area (Å²) in [7, 11) is 0. The van der Waals surface area contributed by atoms with Gasteiger partial charge in [0.05, 0.1) is 12.7 Å². The summed E-state index contributed by atoms with van der Waals surface area (Å²) >= 11 is 0. The Balaban J connectivity index is 2.39. The highest BCUT2D eigenvalue weighted by Gasteiger charge is 2.27. The molecular formula is C5H9NO3. The highest BCUT2D eigenvalue weighted by molar-refractivity contribution is 5.79. The van der Waals surface area contributed by atoms with Crippen molar-refractivity contribution >= 4 is 5.91 Å². The van der Waals surface area contributed by atoms with E-state index in [4.69, 9.17) is 15.6 Å². The van der Waals surface area contributed by atoms with Crippen LogP contribution in [0.5, 0.6) is 0 Å². The number of nitrogens with two attached hydrogens (primary N) is 1. The van der Waals surface area contributed by atoms with Crippen LogP contribution in [0.25, 0.3) is 0 Å². The van der Waals surface area contributed by atoms with E-state index in [0.29, 0.717) is 6.42 Å². The first-order valence-electron chi connectivity index (χ1n) is 2.79. The molecule has 4 heteroatoms. The van der Waals surface area contributed by atoms with Crippen molar-refractivity contribution in [1.29, 1.82) is 0 Å². The minimum absolute atomic E-state index is 0.230. The number of amides is 1. The highest BCUT2D eigenvalue weighted by Crippen LogP contribution is 2.11. The van der Waals surface area contributed by atoms with E-state index < -0.39 is 18.1 Å². The second-order valence-corrected chi connectivity index (χ2v) is 2.11. The number of aliphatic hydroxyl groups is 1. The number of primary amides is 1. The summed E-state index contributed by atoms with van der Waals surface area (Å²) in [6.45, 7) is 0.230. The Bertz CT molecular complexity index is 125. The van der Waals surface area contributed by atoms with Crippen LogP contribution in [-0.4, -0.2) is 29.8 Å². The lowest BCUT2D eigenvalue weighted by molar-refractivity contribution is -0.126. The van der Waals surface area contributed by atoms with Crippen molar-refractivity contribution in [1.82, 2.24) is 0 Å². The van der Waals surface area contributed by atoms with Gasteiger partial charge in [-0.1, -0.05) is 0 Å². The van der Waals surface area contributed by atoms with Crippen LogP contribution in [0, 0.1) is 0 Å². The quantitative estimate of drug-likeness (QED) is 0.460. The molecule has 0 aromatic rings. The first-order chi connectivity index (χ1) is 4.20. The third kappa shape index (κ3) is 1.40. The van der Waals surface area contributed by atoms with Crippen LogP contribution in [0.15, 0.2) is 0 Å². The number of carbonyl (C=O) groups is 1. The minimum atomic E-state index is -0.569. The van der Waals surface area contributed by atoms with Crippen LogP contribution in [0.4, 0.5) is 0 Å². The summed E-state index contributed by atoms with van der Waals surface area (Å²) in [5.74, 6) is -0.494. The van der Waals surface area contributed by atoms with Crippen molar-refractivity contribution in [3.63, 3.8) is 0 Å². The van der Waals surface area contributed by atoms with Gasteiger partial charge >= 0.3 is 0 Å². The summed E-state index contributed by atoms with van der Waals surface area (Å²) in [4.78, 5) is 10.3. The molecule has 1 aliphatic heterocycles. The van der Waals surface area contributed by atoms with Gasteiger partial charge in [-0.2, -0.15) is 0 Å². The molecule has 1 heterocycles. The second-order valence-electron chi connectivity index (χ2n) is 2.11. The minimum Gasteiger partial charge on any atom is -0.391 e. The zero-order chi connectivity index (χ0) is 6.85. The largest absolute Gasteiger partial charge is 0.391 e. The van der Waals surface area contributed by atoms with Crippen molar-refractivity contribution < 1.29 is 14.6 Å². The van der Waals surface area contributed by atoms with E-state index in [1.54, 1.807) is 0 Å². The van der Waals surface area contributed by atoms with E-state index in [2.05, 4.69) is 0 Å². The molecule has 1 aliphatic rings. The fraction of sp³-hybridized carbons (Fsp3) is 0.800. The maximum absolute atomic E-state index is 10.3. The van der Waals surface area contributed by atoms with Crippen molar-refractivity contribution in [3.05, 3.63) is 0 Å². The number of rotatable bonds is 1. The highest BCUT2D eigenvalue weighted by atomic mass is 16.5. The Morgan fingerprint density at radius 3 is 2.67 bits per heavy atom. The fourth-order valence-corrected chi connectivity index (χ4v) is 0.809. The first-order valence-corrected chi connectivity index (χ1v) is 2.79. The lowest BCUT2D eigenvalue weighted by atomic mass is 10.2. The lowest BCUT2D eigenvalue weighted by Crippen LogP contribution is -2.27. The summed E-state index contributed by atoms with van der Waals surface area (Å²) in [5.41, 5.74) is 4.88. The maximum atomic E-state index is 10.3. The Morgan fingerprint density at radius 2 is 2.44 bits per heavy atom. The molecule has 0 aromatic heterocycles. The Morgan fingerprint density at radius 1 is 1.78 bits per heavy atom. The summed E-state index contributed by atoms with van der Waals surface area (Å²) in [6, 6.07) is 0. The van der Waals surface area contributed by atoms with E-state index in [0.717, 1.165) is 0 Å². The van der Waals surface area contributed by atoms with Gasteiger partial charge in [0.15, 0.2) is 0 Å². The second kappa shape index (κ2) is 2.33. The van der Waals surface area contributed by atoms with Gasteiger partial charge in [0, 0.05) is 6.42 Å². The summed E-state index contributed by atoms with van der Waals surface area (Å²) in [6.07, 6.45) is -0.738. The predicted molar refractivity (Wildman–Crippen MR) is 29.6 cm³/mol. The Labute approximate surface area is 52.6 Å². The number of hydrogen-bond acceptors (Lipinski definition) is 3. The molecule has 3 N–H and O–H groups in total. The van der Waals surface area contributed by atoms with Crippen molar-refractivity contribution in [2.75, 3.05) is 6.61 Å². The molecule has 2 atom stereocenters. The van der Waals surface area contributed by atoms with Crippen LogP contribution in [-0.2, 0) is 9.53 Å². The third-order valence-corrected chi connectivity index (χ3v) is 1.29. The van der Waals surface area contributed by atoms with Crippen molar-refractivity contribution in [2.24, 2.45) is 5.73 Å². The van der Waals surface area contributed by atoms with Crippen molar-refractivity contribution in [3.8, 4) is 0 Å². The van der Waals surface area contributed by atoms with Crippen LogP contribution < -0.4 is 5.73 Å². The molecule has 0 aliphatic carbocycles. The van der Waals surface area contributed by atoms with Gasteiger partial charge in [-0.3, -0.25) is 4.79 Å². The summed E-state index contributed by atoms with van der Waals surface area (Å²) < 4.78 is 4.80. The maximum Gasteiger partial charge on any atom is 0.246 e. The van der Waals surface area contributed by atoms with Crippen LogP contribution >= 0.6 is 0 Å². The number of carbonyl (C=O) groups excluding carboxylic acids is 1. The topological polar surface area (TPSA) is 72.6 Å². The van der Waals surface area contributed by atoms with Gasteiger partial charge in [-0.25, -0.2) is 0 Å². The summed E-state index contributed by atoms with van der Waals surface area (Å²) in [5, 5.41) is 8.82. The molecule has 0 aromatic carbocycles. The molecule has 0 spiro atoms. The molecule has 1 fully saturated rings. The first kappa shape index (κ1) is 6.51. The predicted octanol–water partition coefficient (Wildman–Crippen LogP) is -1.38. The van der Waals surface area contributed by atoms with Gasteiger partial charge in [-0.05, 0) is 0 Å². The zero-order valence-corrected chi connectivity index (χ0v) is 4.91. The van der Waals surface area contributed by atoms with Crippen LogP contribution in [0.1, 0.15) is 6.42 Å². The van der Waals surface area contributed by atoms with Gasteiger partial charge in [0.1, 0.15) is 6.10 Å². The van der Waals surface area contributed by atoms with Crippen LogP contribution in [0.2, 0.25) is 0 Å². The third-order valence-electron chi connectivity index (χ3n) is 1.29. The van der Waals surface area contributed by atoms with E-state index in [1.165, 1.54) is 0 Å². The molecule has 9 heavy (non-hydrogen) atoms. The molecule has 52 valence electrons. The average Bonchev–Trinajstić information content (AvgIpc) is 2.14. The number of aliphatic hydroxyl groups excluding tert-OH is 1. The van der Waals surface area contributed by atoms with Gasteiger partial charge < -0.3 is 15.6 Å². The standard InChI is InChI=1S/C5H9NO3/c6-5(8)4-1-3(7)2-9-4/h3-4,7H,1-2H2,(H2,6,8). The molecule has 1 amide bonds. The number of ether oxygens (including phenoxy) is 1. The Kier molecular flexibility index (Phi) is 1.68. The lowest BCUT2D eigenvalue weighted by Gasteiger charge is -2.00. The average molecular weight is 131 g/mol. The normalized spacial score (nSPS) is 34.8. The SMILES string of the molecule is NC(=O)C1CC(O)CO1. The van der Waals surface area contributed by atoms with Crippen molar-refractivity contribution in [2.45, 2.75) is 18.6 Å². The molecule has 1 rings (SSSR count). The Hall–Kier alpha value is -0.610. The smallest absolute Gasteiger partial charge is 0.246 e. The zero-order valence-electron chi connectivity index (χ0n) is 4.91. The molecule has 0 radical (unpaired) electrons. The van der Waals surface area contributed by atoms with E-state index in [1.807, 2.05) is 0 Å². The van der Waals surface area contributed by atoms with E-state index in [-0.39, 0.29) is 6.61 Å². The molecule has 4 nitrogen and oxygen atoms in total.